The second-order valence-electron chi connectivity index (χ2n) is 12.5. The Labute approximate surface area is 226 Å². The van der Waals surface area contributed by atoms with Crippen LogP contribution in [0.3, 0.4) is 0 Å². The van der Waals surface area contributed by atoms with Crippen LogP contribution in [0.2, 0.25) is 0 Å². The van der Waals surface area contributed by atoms with Gasteiger partial charge in [0.05, 0.1) is 12.1 Å². The standard InChI is InChI=1S/C30H43FN4O3/c1-19(36)33-24(14-20-8-10-21(31)11-9-20)26(37)18-32-25-17-30(12-7-13-30)38-27-23(25)15-22(16-29(2,3)4)34-28(27)35(5)6/h8-11,15,24-26,32,37H,7,12-14,16-18H2,1-6H3,(H,33,36)/t24-,25-,26-/m0/s1. The lowest BCUT2D eigenvalue weighted by atomic mass is 9.72. The molecule has 1 saturated carbocycles. The van der Waals surface area contributed by atoms with E-state index in [0.717, 1.165) is 60.5 Å². The number of benzene rings is 1. The van der Waals surface area contributed by atoms with Crippen molar-refractivity contribution in [1.29, 1.82) is 0 Å². The van der Waals surface area contributed by atoms with Crippen molar-refractivity contribution < 1.29 is 19.0 Å². The number of nitrogens with zero attached hydrogens (tertiary/aromatic N) is 2. The van der Waals surface area contributed by atoms with Gasteiger partial charge in [-0.15, -0.1) is 0 Å². The molecular formula is C30H43FN4O3. The molecule has 8 heteroatoms. The van der Waals surface area contributed by atoms with Crippen molar-refractivity contribution in [2.75, 3.05) is 25.5 Å². The number of aromatic nitrogens is 1. The van der Waals surface area contributed by atoms with E-state index in [-0.39, 0.29) is 28.8 Å². The molecule has 0 unspecified atom stereocenters. The average Bonchev–Trinajstić information content (AvgIpc) is 2.80. The second kappa shape index (κ2) is 11.2. The first-order valence-electron chi connectivity index (χ1n) is 13.7. The molecule has 1 aliphatic heterocycles. The molecule has 38 heavy (non-hydrogen) atoms. The molecule has 3 atom stereocenters. The maximum atomic E-state index is 13.4. The molecule has 0 saturated heterocycles. The summed E-state index contributed by atoms with van der Waals surface area (Å²) >= 11 is 0. The minimum absolute atomic E-state index is 0.0158. The summed E-state index contributed by atoms with van der Waals surface area (Å²) in [6.07, 6.45) is 4.37. The van der Waals surface area contributed by atoms with Crippen LogP contribution < -0.4 is 20.3 Å². The van der Waals surface area contributed by atoms with Gasteiger partial charge in [-0.3, -0.25) is 4.79 Å². The highest BCUT2D eigenvalue weighted by atomic mass is 19.1. The normalized spacial score (nSPS) is 19.6. The van der Waals surface area contributed by atoms with Crippen LogP contribution in [-0.4, -0.2) is 54.4 Å². The molecule has 1 amide bonds. The summed E-state index contributed by atoms with van der Waals surface area (Å²) in [5, 5.41) is 17.7. The summed E-state index contributed by atoms with van der Waals surface area (Å²) in [7, 11) is 3.99. The van der Waals surface area contributed by atoms with Gasteiger partial charge in [0.25, 0.3) is 0 Å². The van der Waals surface area contributed by atoms with E-state index in [1.54, 1.807) is 12.1 Å². The monoisotopic (exact) mass is 526 g/mol. The van der Waals surface area contributed by atoms with Crippen LogP contribution in [0.4, 0.5) is 10.2 Å². The molecule has 2 heterocycles. The van der Waals surface area contributed by atoms with Crippen molar-refractivity contribution in [2.24, 2.45) is 5.41 Å². The number of anilines is 1. The Morgan fingerprint density at radius 1 is 1.26 bits per heavy atom. The average molecular weight is 527 g/mol. The van der Waals surface area contributed by atoms with E-state index in [9.17, 15) is 14.3 Å². The summed E-state index contributed by atoms with van der Waals surface area (Å²) < 4.78 is 20.1. The number of carbonyl (C=O) groups is 1. The SMILES string of the molecule is CC(=O)N[C@@H](Cc1ccc(F)cc1)[C@@H](O)CN[C@H]1CC2(CCC2)Oc2c1cc(CC(C)(C)C)nc2N(C)C. The lowest BCUT2D eigenvalue weighted by Gasteiger charge is -2.49. The molecule has 1 aliphatic carbocycles. The van der Waals surface area contributed by atoms with E-state index >= 15 is 0 Å². The van der Waals surface area contributed by atoms with Gasteiger partial charge in [0.2, 0.25) is 5.91 Å². The molecule has 2 aromatic rings. The van der Waals surface area contributed by atoms with E-state index in [1.165, 1.54) is 19.1 Å². The fourth-order valence-corrected chi connectivity index (χ4v) is 5.52. The fraction of sp³-hybridized carbons (Fsp3) is 0.600. The molecule has 1 spiro atoms. The van der Waals surface area contributed by atoms with Crippen molar-refractivity contribution in [1.82, 2.24) is 15.6 Å². The zero-order chi connectivity index (χ0) is 27.7. The summed E-state index contributed by atoms with van der Waals surface area (Å²) in [4.78, 5) is 18.9. The number of hydrogen-bond donors (Lipinski definition) is 3. The molecule has 0 radical (unpaired) electrons. The number of rotatable bonds is 9. The van der Waals surface area contributed by atoms with Gasteiger partial charge in [0.1, 0.15) is 11.4 Å². The van der Waals surface area contributed by atoms with Gasteiger partial charge in [0, 0.05) is 51.3 Å². The Kier molecular flexibility index (Phi) is 8.33. The van der Waals surface area contributed by atoms with Crippen LogP contribution in [0.25, 0.3) is 0 Å². The van der Waals surface area contributed by atoms with Crippen LogP contribution >= 0.6 is 0 Å². The van der Waals surface area contributed by atoms with Crippen molar-refractivity contribution in [3.63, 3.8) is 0 Å². The van der Waals surface area contributed by atoms with E-state index in [0.29, 0.717) is 13.0 Å². The Morgan fingerprint density at radius 3 is 2.50 bits per heavy atom. The number of halogens is 1. The smallest absolute Gasteiger partial charge is 0.217 e. The highest BCUT2D eigenvalue weighted by Crippen LogP contribution is 2.51. The molecule has 4 rings (SSSR count). The highest BCUT2D eigenvalue weighted by Gasteiger charge is 2.47. The molecule has 1 fully saturated rings. The number of nitrogens with one attached hydrogen (secondary N) is 2. The minimum Gasteiger partial charge on any atom is -0.483 e. The Hall–Kier alpha value is -2.71. The molecule has 3 N–H and O–H groups in total. The van der Waals surface area contributed by atoms with Crippen LogP contribution in [-0.2, 0) is 17.6 Å². The van der Waals surface area contributed by atoms with Crippen molar-refractivity contribution in [3.8, 4) is 5.75 Å². The number of aliphatic hydroxyl groups excluding tert-OH is 1. The van der Waals surface area contributed by atoms with E-state index in [4.69, 9.17) is 9.72 Å². The summed E-state index contributed by atoms with van der Waals surface area (Å²) in [5.74, 6) is 1.14. The van der Waals surface area contributed by atoms with Crippen LogP contribution in [0, 0.1) is 11.2 Å². The van der Waals surface area contributed by atoms with Crippen LogP contribution in [0.1, 0.15) is 76.2 Å². The van der Waals surface area contributed by atoms with Gasteiger partial charge in [-0.1, -0.05) is 32.9 Å². The van der Waals surface area contributed by atoms with E-state index in [2.05, 4.69) is 37.5 Å². The first-order chi connectivity index (χ1) is 17.8. The lowest BCUT2D eigenvalue weighted by Crippen LogP contribution is -2.52. The predicted octanol–water partition coefficient (Wildman–Crippen LogP) is 4.32. The number of pyridine rings is 1. The first-order valence-corrected chi connectivity index (χ1v) is 13.7. The summed E-state index contributed by atoms with van der Waals surface area (Å²) in [6, 6.07) is 7.80. The zero-order valence-corrected chi connectivity index (χ0v) is 23.6. The molecule has 1 aromatic carbocycles. The Morgan fingerprint density at radius 2 is 1.95 bits per heavy atom. The predicted molar refractivity (Wildman–Crippen MR) is 148 cm³/mol. The van der Waals surface area contributed by atoms with Gasteiger partial charge < -0.3 is 25.4 Å². The quantitative estimate of drug-likeness (QED) is 0.451. The third-order valence-corrected chi connectivity index (χ3v) is 7.50. The minimum atomic E-state index is -0.836. The van der Waals surface area contributed by atoms with Gasteiger partial charge >= 0.3 is 0 Å². The van der Waals surface area contributed by atoms with Crippen LogP contribution in [0.15, 0.2) is 30.3 Å². The third-order valence-electron chi connectivity index (χ3n) is 7.50. The largest absolute Gasteiger partial charge is 0.483 e. The molecule has 1 aromatic heterocycles. The number of hydrogen-bond acceptors (Lipinski definition) is 6. The maximum Gasteiger partial charge on any atom is 0.217 e. The van der Waals surface area contributed by atoms with Gasteiger partial charge in [0.15, 0.2) is 11.6 Å². The highest BCUT2D eigenvalue weighted by molar-refractivity contribution is 5.73. The van der Waals surface area contributed by atoms with E-state index in [1.807, 2.05) is 19.0 Å². The zero-order valence-electron chi connectivity index (χ0n) is 23.6. The third kappa shape index (κ3) is 6.83. The van der Waals surface area contributed by atoms with Crippen molar-refractivity contribution in [3.05, 3.63) is 53.0 Å². The lowest BCUT2D eigenvalue weighted by molar-refractivity contribution is -0.120. The maximum absolute atomic E-state index is 13.4. The Bertz CT molecular complexity index is 1130. The van der Waals surface area contributed by atoms with Crippen LogP contribution in [0.5, 0.6) is 5.75 Å². The van der Waals surface area contributed by atoms with E-state index < -0.39 is 12.1 Å². The van der Waals surface area contributed by atoms with Crippen molar-refractivity contribution >= 4 is 11.7 Å². The summed E-state index contributed by atoms with van der Waals surface area (Å²) in [5.41, 5.74) is 2.82. The topological polar surface area (TPSA) is 86.7 Å². The number of aliphatic hydroxyl groups is 1. The first kappa shape index (κ1) is 28.3. The Balaban J connectivity index is 1.58. The number of amides is 1. The number of fused-ring (bicyclic) bond motifs is 1. The number of carbonyl (C=O) groups excluding carboxylic acids is 1. The fourth-order valence-electron chi connectivity index (χ4n) is 5.52. The molecule has 7 nitrogen and oxygen atoms in total. The van der Waals surface area contributed by atoms with Crippen molar-refractivity contribution in [2.45, 2.75) is 90.0 Å². The molecule has 208 valence electrons. The molecular weight excluding hydrogens is 483 g/mol. The van der Waals surface area contributed by atoms with Gasteiger partial charge in [-0.2, -0.15) is 0 Å². The second-order valence-corrected chi connectivity index (χ2v) is 12.5. The number of ether oxygens (including phenoxy) is 1. The summed E-state index contributed by atoms with van der Waals surface area (Å²) in [6.45, 7) is 8.36. The van der Waals surface area contributed by atoms with Gasteiger partial charge in [-0.05, 0) is 61.3 Å². The molecule has 2 aliphatic rings. The molecule has 0 bridgehead atoms. The van der Waals surface area contributed by atoms with Gasteiger partial charge in [-0.25, -0.2) is 9.37 Å².